The van der Waals surface area contributed by atoms with E-state index in [0.717, 1.165) is 44.8 Å². The number of aliphatic hydroxyl groups excluding tert-OH is 1. The number of nitrogens with zero attached hydrogens (tertiary/aromatic N) is 2. The molecule has 0 amide bonds. The monoisotopic (exact) mass is 263 g/mol. The summed E-state index contributed by atoms with van der Waals surface area (Å²) in [5.74, 6) is 1.41. The van der Waals surface area contributed by atoms with E-state index in [1.54, 1.807) is 0 Å². The van der Waals surface area contributed by atoms with Gasteiger partial charge in [-0.05, 0) is 37.9 Å². The Morgan fingerprint density at radius 3 is 2.95 bits per heavy atom. The van der Waals surface area contributed by atoms with Gasteiger partial charge in [-0.25, -0.2) is 4.98 Å². The Labute approximate surface area is 115 Å². The Kier molecular flexibility index (Phi) is 5.16. The molecule has 1 aliphatic rings. The maximum atomic E-state index is 9.63. The molecule has 0 aliphatic carbocycles. The summed E-state index contributed by atoms with van der Waals surface area (Å²) in [5.41, 5.74) is 1.23. The number of nitrogens with one attached hydrogen (secondary N) is 1. The number of aliphatic hydroxyl groups is 1. The van der Waals surface area contributed by atoms with E-state index in [9.17, 15) is 5.11 Å². The van der Waals surface area contributed by atoms with Crippen molar-refractivity contribution in [1.82, 2.24) is 10.3 Å². The molecule has 1 aromatic rings. The first-order chi connectivity index (χ1) is 9.20. The Balaban J connectivity index is 1.88. The maximum Gasteiger partial charge on any atom is 0.128 e. The fourth-order valence-corrected chi connectivity index (χ4v) is 2.51. The molecule has 1 fully saturated rings. The van der Waals surface area contributed by atoms with Crippen LogP contribution in [0, 0.1) is 5.92 Å². The molecule has 0 saturated carbocycles. The van der Waals surface area contributed by atoms with Crippen molar-refractivity contribution in [2.75, 3.05) is 24.5 Å². The van der Waals surface area contributed by atoms with Crippen molar-refractivity contribution >= 4 is 5.82 Å². The van der Waals surface area contributed by atoms with Crippen LogP contribution in [-0.4, -0.2) is 35.8 Å². The average molecular weight is 263 g/mol. The lowest BCUT2D eigenvalue weighted by Crippen LogP contribution is -2.24. The van der Waals surface area contributed by atoms with Crippen molar-refractivity contribution in [3.8, 4) is 0 Å². The van der Waals surface area contributed by atoms with Crippen LogP contribution in [0.2, 0.25) is 0 Å². The fraction of sp³-hybridized carbons (Fsp3) is 0.667. The first-order valence-corrected chi connectivity index (χ1v) is 7.29. The minimum absolute atomic E-state index is 0.220. The lowest BCUT2D eigenvalue weighted by Gasteiger charge is -2.18. The third kappa shape index (κ3) is 3.91. The number of anilines is 1. The van der Waals surface area contributed by atoms with Gasteiger partial charge in [0.05, 0.1) is 6.10 Å². The highest BCUT2D eigenvalue weighted by Gasteiger charge is 2.26. The van der Waals surface area contributed by atoms with E-state index < -0.39 is 0 Å². The van der Waals surface area contributed by atoms with Gasteiger partial charge >= 0.3 is 0 Å². The standard InChI is InChI=1S/C15H25N3O/c1-3-7-16-9-13-4-5-15(17-10-13)18-8-6-14(11-18)12(2)19/h4-5,10,12,14,16,19H,3,6-9,11H2,1-2H3. The normalized spacial score (nSPS) is 20.8. The minimum atomic E-state index is -0.220. The van der Waals surface area contributed by atoms with Gasteiger partial charge in [0.15, 0.2) is 0 Å². The van der Waals surface area contributed by atoms with Gasteiger partial charge in [0.2, 0.25) is 0 Å². The van der Waals surface area contributed by atoms with Crippen LogP contribution in [0.4, 0.5) is 5.82 Å². The van der Waals surface area contributed by atoms with Crippen molar-refractivity contribution in [3.05, 3.63) is 23.9 Å². The van der Waals surface area contributed by atoms with Crippen molar-refractivity contribution in [2.45, 2.75) is 39.3 Å². The van der Waals surface area contributed by atoms with E-state index in [1.165, 1.54) is 5.56 Å². The number of pyridine rings is 1. The molecule has 0 aromatic carbocycles. The number of aromatic nitrogens is 1. The van der Waals surface area contributed by atoms with Crippen LogP contribution in [0.15, 0.2) is 18.3 Å². The highest BCUT2D eigenvalue weighted by atomic mass is 16.3. The number of hydrogen-bond donors (Lipinski definition) is 2. The van der Waals surface area contributed by atoms with Crippen LogP contribution in [0.1, 0.15) is 32.3 Å². The maximum absolute atomic E-state index is 9.63. The van der Waals surface area contributed by atoms with E-state index >= 15 is 0 Å². The summed E-state index contributed by atoms with van der Waals surface area (Å²) in [6.07, 6.45) is 3.94. The van der Waals surface area contributed by atoms with Crippen LogP contribution >= 0.6 is 0 Å². The summed E-state index contributed by atoms with van der Waals surface area (Å²) in [6.45, 7) is 7.89. The van der Waals surface area contributed by atoms with Gasteiger partial charge in [0.25, 0.3) is 0 Å². The van der Waals surface area contributed by atoms with Crippen molar-refractivity contribution in [1.29, 1.82) is 0 Å². The number of rotatable bonds is 6. The van der Waals surface area contributed by atoms with Gasteiger partial charge in [-0.3, -0.25) is 0 Å². The third-order valence-corrected chi connectivity index (χ3v) is 3.80. The molecule has 106 valence electrons. The Morgan fingerprint density at radius 2 is 2.37 bits per heavy atom. The summed E-state index contributed by atoms with van der Waals surface area (Å²) >= 11 is 0. The fourth-order valence-electron chi connectivity index (χ4n) is 2.51. The zero-order valence-electron chi connectivity index (χ0n) is 12.0. The molecule has 1 saturated heterocycles. The molecule has 2 N–H and O–H groups in total. The average Bonchev–Trinajstić information content (AvgIpc) is 2.90. The van der Waals surface area contributed by atoms with Crippen molar-refractivity contribution in [2.24, 2.45) is 5.92 Å². The smallest absolute Gasteiger partial charge is 0.128 e. The van der Waals surface area contributed by atoms with Crippen molar-refractivity contribution < 1.29 is 5.11 Å². The molecule has 4 heteroatoms. The van der Waals surface area contributed by atoms with Crippen LogP contribution in [0.5, 0.6) is 0 Å². The molecule has 1 aliphatic heterocycles. The molecule has 0 radical (unpaired) electrons. The predicted molar refractivity (Wildman–Crippen MR) is 78.2 cm³/mol. The molecular formula is C15H25N3O. The van der Waals surface area contributed by atoms with Crippen LogP contribution < -0.4 is 10.2 Å². The number of hydrogen-bond acceptors (Lipinski definition) is 4. The second-order valence-corrected chi connectivity index (χ2v) is 5.44. The summed E-state index contributed by atoms with van der Waals surface area (Å²) in [4.78, 5) is 6.80. The van der Waals surface area contributed by atoms with Crippen LogP contribution in [-0.2, 0) is 6.54 Å². The molecule has 2 heterocycles. The van der Waals surface area contributed by atoms with Gasteiger partial charge in [0, 0.05) is 31.7 Å². The molecule has 2 unspecified atom stereocenters. The Morgan fingerprint density at radius 1 is 1.53 bits per heavy atom. The highest BCUT2D eigenvalue weighted by molar-refractivity contribution is 5.40. The van der Waals surface area contributed by atoms with Crippen LogP contribution in [0.3, 0.4) is 0 Å². The van der Waals surface area contributed by atoms with Gasteiger partial charge in [0.1, 0.15) is 5.82 Å². The van der Waals surface area contributed by atoms with Crippen molar-refractivity contribution in [3.63, 3.8) is 0 Å². The largest absolute Gasteiger partial charge is 0.393 e. The van der Waals surface area contributed by atoms with Crippen LogP contribution in [0.25, 0.3) is 0 Å². The second kappa shape index (κ2) is 6.87. The molecule has 1 aromatic heterocycles. The highest BCUT2D eigenvalue weighted by Crippen LogP contribution is 2.24. The molecule has 0 spiro atoms. The quantitative estimate of drug-likeness (QED) is 0.768. The summed E-state index contributed by atoms with van der Waals surface area (Å²) in [5, 5.41) is 13.0. The minimum Gasteiger partial charge on any atom is -0.393 e. The summed E-state index contributed by atoms with van der Waals surface area (Å²) in [7, 11) is 0. The zero-order valence-corrected chi connectivity index (χ0v) is 12.0. The first kappa shape index (κ1) is 14.3. The van der Waals surface area contributed by atoms with Gasteiger partial charge in [-0.2, -0.15) is 0 Å². The Bertz CT molecular complexity index is 377. The molecule has 4 nitrogen and oxygen atoms in total. The molecular weight excluding hydrogens is 238 g/mol. The Hall–Kier alpha value is -1.13. The lowest BCUT2D eigenvalue weighted by molar-refractivity contribution is 0.136. The summed E-state index contributed by atoms with van der Waals surface area (Å²) < 4.78 is 0. The van der Waals surface area contributed by atoms with E-state index in [2.05, 4.69) is 34.3 Å². The SMILES string of the molecule is CCCNCc1ccc(N2CCC(C(C)O)C2)nc1. The van der Waals surface area contributed by atoms with Gasteiger partial charge in [-0.1, -0.05) is 13.0 Å². The molecule has 2 atom stereocenters. The van der Waals surface area contributed by atoms with E-state index in [4.69, 9.17) is 0 Å². The molecule has 2 rings (SSSR count). The lowest BCUT2D eigenvalue weighted by atomic mass is 10.0. The zero-order chi connectivity index (χ0) is 13.7. The molecule has 0 bridgehead atoms. The first-order valence-electron chi connectivity index (χ1n) is 7.29. The topological polar surface area (TPSA) is 48.4 Å². The van der Waals surface area contributed by atoms with E-state index in [0.29, 0.717) is 5.92 Å². The predicted octanol–water partition coefficient (Wildman–Crippen LogP) is 1.79. The van der Waals surface area contributed by atoms with Gasteiger partial charge in [-0.15, -0.1) is 0 Å². The molecule has 19 heavy (non-hydrogen) atoms. The second-order valence-electron chi connectivity index (χ2n) is 5.44. The summed E-state index contributed by atoms with van der Waals surface area (Å²) in [6, 6.07) is 4.23. The van der Waals surface area contributed by atoms with Gasteiger partial charge < -0.3 is 15.3 Å². The third-order valence-electron chi connectivity index (χ3n) is 3.80. The van der Waals surface area contributed by atoms with E-state index in [1.807, 2.05) is 13.1 Å². The van der Waals surface area contributed by atoms with E-state index in [-0.39, 0.29) is 6.10 Å².